The molecule has 28 heavy (non-hydrogen) atoms. The number of hydrogen-bond acceptors (Lipinski definition) is 1. The lowest BCUT2D eigenvalue weighted by Crippen LogP contribution is -2.22. The zero-order valence-electron chi connectivity index (χ0n) is 15.3. The zero-order valence-corrected chi connectivity index (χ0v) is 16.8. The summed E-state index contributed by atoms with van der Waals surface area (Å²) < 4.78 is 40.2. The molecule has 0 aliphatic carbocycles. The number of amidine groups is 1. The summed E-state index contributed by atoms with van der Waals surface area (Å²) in [5.41, 5.74) is 1.33. The fraction of sp³-hybridized carbons (Fsp3) is 0.200. The first-order valence-corrected chi connectivity index (χ1v) is 8.83. The molecule has 0 saturated carbocycles. The molecular weight excluding hydrogens is 410 g/mol. The fourth-order valence-corrected chi connectivity index (χ4v) is 2.60. The molecule has 1 aromatic carbocycles. The topological polar surface area (TPSA) is 48.2 Å². The van der Waals surface area contributed by atoms with Crippen LogP contribution in [0.15, 0.2) is 69.7 Å². The predicted octanol–water partition coefficient (Wildman–Crippen LogP) is 7.14. The van der Waals surface area contributed by atoms with Crippen LogP contribution in [0.5, 0.6) is 0 Å². The van der Waals surface area contributed by atoms with Crippen LogP contribution in [0.4, 0.5) is 18.9 Å². The van der Waals surface area contributed by atoms with Crippen molar-refractivity contribution >= 4 is 47.1 Å². The van der Waals surface area contributed by atoms with Crippen LogP contribution in [-0.2, 0) is 0 Å². The van der Waals surface area contributed by atoms with Crippen molar-refractivity contribution in [1.29, 1.82) is 5.41 Å². The summed E-state index contributed by atoms with van der Waals surface area (Å²) >= 11 is 11.5. The van der Waals surface area contributed by atoms with Gasteiger partial charge in [0.1, 0.15) is 5.84 Å². The number of aliphatic imine (C=N–C) groups is 1. The number of anilines is 1. The third kappa shape index (κ3) is 9.06. The van der Waals surface area contributed by atoms with E-state index in [9.17, 15) is 13.2 Å². The van der Waals surface area contributed by atoms with Gasteiger partial charge in [-0.2, -0.15) is 13.2 Å². The molecule has 0 spiro atoms. The minimum absolute atomic E-state index is 0.0272. The molecule has 0 heterocycles. The molecule has 0 saturated heterocycles. The van der Waals surface area contributed by atoms with Gasteiger partial charge in [0.2, 0.25) is 0 Å². The summed E-state index contributed by atoms with van der Waals surface area (Å²) in [7, 11) is 0. The minimum atomic E-state index is -4.46. The van der Waals surface area contributed by atoms with Crippen LogP contribution in [0, 0.1) is 11.3 Å². The van der Waals surface area contributed by atoms with Gasteiger partial charge < -0.3 is 5.32 Å². The van der Waals surface area contributed by atoms with E-state index in [1.165, 1.54) is 38.4 Å². The van der Waals surface area contributed by atoms with Crippen LogP contribution in [0.1, 0.15) is 19.4 Å². The molecule has 2 N–H and O–H groups in total. The molecule has 0 aromatic heterocycles. The lowest BCUT2D eigenvalue weighted by Gasteiger charge is -2.17. The van der Waals surface area contributed by atoms with Gasteiger partial charge in [0.25, 0.3) is 0 Å². The Hall–Kier alpha value is -2.31. The molecule has 0 bridgehead atoms. The molecule has 0 fully saturated rings. The van der Waals surface area contributed by atoms with Crippen molar-refractivity contribution in [1.82, 2.24) is 0 Å². The van der Waals surface area contributed by atoms with E-state index in [0.29, 0.717) is 11.3 Å². The maximum atomic E-state index is 13.4. The van der Waals surface area contributed by atoms with Crippen molar-refractivity contribution in [2.24, 2.45) is 10.9 Å². The third-order valence-corrected chi connectivity index (χ3v) is 3.71. The summed E-state index contributed by atoms with van der Waals surface area (Å²) in [6.07, 6.45) is 1.87. The second-order valence-corrected chi connectivity index (χ2v) is 6.77. The summed E-state index contributed by atoms with van der Waals surface area (Å²) in [6.45, 7) is 6.31. The first kappa shape index (κ1) is 23.7. The number of benzene rings is 1. The summed E-state index contributed by atoms with van der Waals surface area (Å²) in [4.78, 5) is 3.76. The van der Waals surface area contributed by atoms with E-state index >= 15 is 0 Å². The Balaban J connectivity index is 2.98. The summed E-state index contributed by atoms with van der Waals surface area (Å²) in [5, 5.41) is 10.2. The first-order valence-electron chi connectivity index (χ1n) is 8.08. The van der Waals surface area contributed by atoms with Crippen molar-refractivity contribution in [3.63, 3.8) is 0 Å². The molecule has 3 nitrogen and oxygen atoms in total. The summed E-state index contributed by atoms with van der Waals surface area (Å²) in [5.74, 6) is -1.64. The monoisotopic (exact) mass is 429 g/mol. The Kier molecular flexibility index (Phi) is 9.22. The smallest absolute Gasteiger partial charge is 0.346 e. The van der Waals surface area contributed by atoms with E-state index in [-0.39, 0.29) is 21.5 Å². The third-order valence-electron chi connectivity index (χ3n) is 3.38. The van der Waals surface area contributed by atoms with E-state index in [2.05, 4.69) is 16.9 Å². The first-order chi connectivity index (χ1) is 13.0. The van der Waals surface area contributed by atoms with Crippen molar-refractivity contribution in [3.05, 3.63) is 70.3 Å². The van der Waals surface area contributed by atoms with Gasteiger partial charge in [-0.25, -0.2) is 4.99 Å². The van der Waals surface area contributed by atoms with Gasteiger partial charge >= 0.3 is 6.18 Å². The van der Waals surface area contributed by atoms with Crippen LogP contribution in [-0.4, -0.2) is 18.4 Å². The number of allylic oxidation sites excluding steroid dienone is 6. The van der Waals surface area contributed by atoms with Gasteiger partial charge in [0.05, 0.1) is 12.3 Å². The molecule has 8 heteroatoms. The van der Waals surface area contributed by atoms with E-state index in [1.807, 2.05) is 0 Å². The van der Waals surface area contributed by atoms with Crippen molar-refractivity contribution in [3.8, 4) is 0 Å². The predicted molar refractivity (Wildman–Crippen MR) is 113 cm³/mol. The molecule has 0 aliphatic heterocycles. The van der Waals surface area contributed by atoms with Crippen LogP contribution < -0.4 is 5.32 Å². The van der Waals surface area contributed by atoms with Crippen LogP contribution in [0.2, 0.25) is 0 Å². The lowest BCUT2D eigenvalue weighted by molar-refractivity contribution is -0.151. The average Bonchev–Trinajstić information content (AvgIpc) is 2.53. The van der Waals surface area contributed by atoms with E-state index in [0.717, 1.165) is 6.08 Å². The molecule has 0 radical (unpaired) electrons. The maximum absolute atomic E-state index is 13.4. The largest absolute Gasteiger partial charge is 0.398 e. The molecule has 1 unspecified atom stereocenters. The maximum Gasteiger partial charge on any atom is 0.398 e. The second kappa shape index (κ2) is 10.9. The zero-order chi connectivity index (χ0) is 21.3. The molecule has 1 aromatic rings. The van der Waals surface area contributed by atoms with E-state index in [4.69, 9.17) is 28.6 Å². The molecular formula is C20H20Cl2F3N3. The minimum Gasteiger partial charge on any atom is -0.346 e. The van der Waals surface area contributed by atoms with Gasteiger partial charge in [-0.05, 0) is 43.7 Å². The highest BCUT2D eigenvalue weighted by molar-refractivity contribution is 6.35. The Labute approximate surface area is 172 Å². The number of nitrogens with zero attached hydrogens (tertiary/aromatic N) is 1. The van der Waals surface area contributed by atoms with Gasteiger partial charge in [-0.3, -0.25) is 5.41 Å². The lowest BCUT2D eigenvalue weighted by atomic mass is 9.97. The average molecular weight is 430 g/mol. The number of alkyl halides is 3. The van der Waals surface area contributed by atoms with Crippen LogP contribution in [0.25, 0.3) is 6.08 Å². The van der Waals surface area contributed by atoms with Gasteiger partial charge in [0.15, 0.2) is 0 Å². The van der Waals surface area contributed by atoms with E-state index < -0.39 is 12.1 Å². The Morgan fingerprint density at radius 1 is 1.18 bits per heavy atom. The van der Waals surface area contributed by atoms with E-state index in [1.54, 1.807) is 24.3 Å². The molecule has 0 amide bonds. The van der Waals surface area contributed by atoms with Crippen LogP contribution in [0.3, 0.4) is 0 Å². The molecule has 0 aliphatic rings. The number of rotatable bonds is 7. The Bertz CT molecular complexity index is 820. The standard InChI is InChI=1S/C20H20Cl2F3N3/c1-13(10-17(22)11-14(2)21)19(20(23,24)25)9-6-16-4-7-18(8-5-16)28-12-27-15(3)26/h4-12,19H,2H2,1,3H3,(H2,26,27,28)/b9-6+,13-10+,17-11+. The number of hydrogen-bond donors (Lipinski definition) is 2. The second-order valence-electron chi connectivity index (χ2n) is 5.85. The van der Waals surface area contributed by atoms with Gasteiger partial charge in [0, 0.05) is 15.8 Å². The fourth-order valence-electron chi connectivity index (χ4n) is 2.12. The van der Waals surface area contributed by atoms with Gasteiger partial charge in [-0.15, -0.1) is 0 Å². The molecule has 150 valence electrons. The van der Waals surface area contributed by atoms with Crippen molar-refractivity contribution in [2.75, 3.05) is 5.32 Å². The quantitative estimate of drug-likeness (QED) is 0.270. The van der Waals surface area contributed by atoms with Crippen molar-refractivity contribution < 1.29 is 13.2 Å². The molecule has 1 rings (SSSR count). The molecule has 1 atom stereocenters. The Morgan fingerprint density at radius 2 is 1.79 bits per heavy atom. The number of nitrogens with one attached hydrogen (secondary N) is 2. The normalized spacial score (nSPS) is 14.5. The van der Waals surface area contributed by atoms with Crippen molar-refractivity contribution in [2.45, 2.75) is 20.0 Å². The van der Waals surface area contributed by atoms with Crippen LogP contribution >= 0.6 is 23.2 Å². The summed E-state index contributed by atoms with van der Waals surface area (Å²) in [6, 6.07) is 6.73. The highest BCUT2D eigenvalue weighted by Crippen LogP contribution is 2.34. The van der Waals surface area contributed by atoms with Gasteiger partial charge in [-0.1, -0.05) is 59.6 Å². The highest BCUT2D eigenvalue weighted by atomic mass is 35.5. The Morgan fingerprint density at radius 3 is 2.29 bits per heavy atom. The SMILES string of the molecule is C=C(Cl)/C=C(Cl)\C=C(/C)C(/C=C/c1ccc(N/C=N\C(C)=N)cc1)C(F)(F)F. The highest BCUT2D eigenvalue weighted by Gasteiger charge is 2.38. The number of halogens is 5.